The number of rotatable bonds is 6. The second-order valence-electron chi connectivity index (χ2n) is 4.78. The summed E-state index contributed by atoms with van der Waals surface area (Å²) in [6.07, 6.45) is 1.99. The van der Waals surface area contributed by atoms with Gasteiger partial charge in [0.2, 0.25) is 0 Å². The van der Waals surface area contributed by atoms with Crippen molar-refractivity contribution in [3.63, 3.8) is 0 Å². The molecule has 1 atom stereocenters. The highest BCUT2D eigenvalue weighted by molar-refractivity contribution is 6.31. The largest absolute Gasteiger partial charge is 0.314 e. The molecule has 0 bridgehead atoms. The van der Waals surface area contributed by atoms with Crippen molar-refractivity contribution in [3.8, 4) is 0 Å². The van der Waals surface area contributed by atoms with Gasteiger partial charge in [-0.15, -0.1) is 0 Å². The van der Waals surface area contributed by atoms with E-state index in [-0.39, 0.29) is 5.82 Å². The molecule has 0 spiro atoms. The van der Waals surface area contributed by atoms with Crippen LogP contribution in [0.4, 0.5) is 4.39 Å². The Morgan fingerprint density at radius 1 is 1.35 bits per heavy atom. The van der Waals surface area contributed by atoms with E-state index in [9.17, 15) is 4.39 Å². The zero-order valence-corrected chi connectivity index (χ0v) is 11.5. The molecule has 17 heavy (non-hydrogen) atoms. The summed E-state index contributed by atoms with van der Waals surface area (Å²) >= 11 is 6.03. The highest BCUT2D eigenvalue weighted by atomic mass is 35.5. The van der Waals surface area contributed by atoms with Gasteiger partial charge in [-0.25, -0.2) is 4.39 Å². The molecule has 1 aromatic rings. The van der Waals surface area contributed by atoms with Crippen LogP contribution in [0.25, 0.3) is 0 Å². The van der Waals surface area contributed by atoms with E-state index in [0.717, 1.165) is 24.9 Å². The minimum Gasteiger partial charge on any atom is -0.314 e. The Morgan fingerprint density at radius 2 is 2.06 bits per heavy atom. The fourth-order valence-corrected chi connectivity index (χ4v) is 2.01. The Bertz CT molecular complexity index is 352. The second kappa shape index (κ2) is 6.97. The molecule has 0 heterocycles. The van der Waals surface area contributed by atoms with Crippen LogP contribution in [0, 0.1) is 11.7 Å². The lowest BCUT2D eigenvalue weighted by molar-refractivity contribution is 0.436. The Labute approximate surface area is 108 Å². The molecule has 0 aliphatic carbocycles. The van der Waals surface area contributed by atoms with Crippen LogP contribution in [0.5, 0.6) is 0 Å². The van der Waals surface area contributed by atoms with Crippen LogP contribution in [-0.2, 0) is 6.42 Å². The van der Waals surface area contributed by atoms with Gasteiger partial charge in [0.05, 0.1) is 0 Å². The Morgan fingerprint density at radius 3 is 2.59 bits per heavy atom. The van der Waals surface area contributed by atoms with E-state index in [0.29, 0.717) is 17.0 Å². The van der Waals surface area contributed by atoms with Crippen LogP contribution in [0.1, 0.15) is 32.8 Å². The van der Waals surface area contributed by atoms with Crippen molar-refractivity contribution in [1.82, 2.24) is 5.32 Å². The van der Waals surface area contributed by atoms with Crippen LogP contribution in [0.3, 0.4) is 0 Å². The molecular formula is C14H21ClFN. The number of benzene rings is 1. The van der Waals surface area contributed by atoms with Crippen LogP contribution in [0.15, 0.2) is 18.2 Å². The zero-order valence-electron chi connectivity index (χ0n) is 10.8. The van der Waals surface area contributed by atoms with Gasteiger partial charge < -0.3 is 5.32 Å². The van der Waals surface area contributed by atoms with Crippen molar-refractivity contribution in [2.75, 3.05) is 6.54 Å². The smallest absolute Gasteiger partial charge is 0.124 e. The SMILES string of the molecule is CCC(CNC(C)C)Cc1ccc(F)cc1Cl. The van der Waals surface area contributed by atoms with Gasteiger partial charge in [-0.3, -0.25) is 0 Å². The van der Waals surface area contributed by atoms with Gasteiger partial charge >= 0.3 is 0 Å². The minimum atomic E-state index is -0.271. The van der Waals surface area contributed by atoms with Crippen molar-refractivity contribution in [2.45, 2.75) is 39.7 Å². The fraction of sp³-hybridized carbons (Fsp3) is 0.571. The normalized spacial score (nSPS) is 13.1. The summed E-state index contributed by atoms with van der Waals surface area (Å²) < 4.78 is 12.9. The predicted octanol–water partition coefficient (Wildman–Crippen LogP) is 4.05. The lowest BCUT2D eigenvalue weighted by Gasteiger charge is -2.18. The second-order valence-corrected chi connectivity index (χ2v) is 5.18. The van der Waals surface area contributed by atoms with E-state index in [1.165, 1.54) is 12.1 Å². The molecule has 1 aromatic carbocycles. The Kier molecular flexibility index (Phi) is 5.93. The van der Waals surface area contributed by atoms with Crippen molar-refractivity contribution in [1.29, 1.82) is 0 Å². The Balaban J connectivity index is 2.60. The van der Waals surface area contributed by atoms with Crippen LogP contribution in [0.2, 0.25) is 5.02 Å². The van der Waals surface area contributed by atoms with E-state index in [1.54, 1.807) is 6.07 Å². The summed E-state index contributed by atoms with van der Waals surface area (Å²) in [6.45, 7) is 7.42. The van der Waals surface area contributed by atoms with Gasteiger partial charge in [0.25, 0.3) is 0 Å². The molecule has 96 valence electrons. The summed E-state index contributed by atoms with van der Waals surface area (Å²) in [5.41, 5.74) is 1.03. The van der Waals surface area contributed by atoms with E-state index in [4.69, 9.17) is 11.6 Å². The summed E-state index contributed by atoms with van der Waals surface area (Å²) in [7, 11) is 0. The van der Waals surface area contributed by atoms with Crippen molar-refractivity contribution in [2.24, 2.45) is 5.92 Å². The molecule has 0 saturated carbocycles. The molecule has 0 amide bonds. The fourth-order valence-electron chi connectivity index (χ4n) is 1.76. The summed E-state index contributed by atoms with van der Waals surface area (Å²) in [4.78, 5) is 0. The lowest BCUT2D eigenvalue weighted by Crippen LogP contribution is -2.29. The summed E-state index contributed by atoms with van der Waals surface area (Å²) in [6, 6.07) is 5.15. The van der Waals surface area contributed by atoms with Gasteiger partial charge in [-0.1, -0.05) is 44.9 Å². The highest BCUT2D eigenvalue weighted by Crippen LogP contribution is 2.21. The van der Waals surface area contributed by atoms with Crippen molar-refractivity contribution in [3.05, 3.63) is 34.6 Å². The molecule has 1 rings (SSSR count). The first-order valence-electron chi connectivity index (χ1n) is 6.20. The Hall–Kier alpha value is -0.600. The molecule has 1 unspecified atom stereocenters. The van der Waals surface area contributed by atoms with Gasteiger partial charge in [0.15, 0.2) is 0 Å². The van der Waals surface area contributed by atoms with Crippen LogP contribution >= 0.6 is 11.6 Å². The molecule has 0 aromatic heterocycles. The van der Waals surface area contributed by atoms with Crippen molar-refractivity contribution >= 4 is 11.6 Å². The molecule has 0 radical (unpaired) electrons. The summed E-state index contributed by atoms with van der Waals surface area (Å²) in [5, 5.41) is 3.97. The monoisotopic (exact) mass is 257 g/mol. The maximum Gasteiger partial charge on any atom is 0.124 e. The van der Waals surface area contributed by atoms with Gasteiger partial charge in [0, 0.05) is 11.1 Å². The number of hydrogen-bond acceptors (Lipinski definition) is 1. The minimum absolute atomic E-state index is 0.271. The third-order valence-electron chi connectivity index (χ3n) is 2.92. The molecule has 0 fully saturated rings. The zero-order chi connectivity index (χ0) is 12.8. The average Bonchev–Trinajstić information content (AvgIpc) is 2.26. The van der Waals surface area contributed by atoms with Crippen molar-refractivity contribution < 1.29 is 4.39 Å². The van der Waals surface area contributed by atoms with E-state index in [1.807, 2.05) is 0 Å². The van der Waals surface area contributed by atoms with Crippen LogP contribution in [-0.4, -0.2) is 12.6 Å². The third kappa shape index (κ3) is 5.05. The number of hydrogen-bond donors (Lipinski definition) is 1. The van der Waals surface area contributed by atoms with Crippen LogP contribution < -0.4 is 5.32 Å². The maximum atomic E-state index is 12.9. The highest BCUT2D eigenvalue weighted by Gasteiger charge is 2.11. The van der Waals surface area contributed by atoms with Gasteiger partial charge in [-0.05, 0) is 36.6 Å². The standard InChI is InChI=1S/C14H21ClFN/c1-4-11(9-17-10(2)3)7-12-5-6-13(16)8-14(12)15/h5-6,8,10-11,17H,4,7,9H2,1-3H3. The predicted molar refractivity (Wildman–Crippen MR) is 72.0 cm³/mol. The molecule has 0 aliphatic rings. The first-order chi connectivity index (χ1) is 8.02. The quantitative estimate of drug-likeness (QED) is 0.811. The first-order valence-corrected chi connectivity index (χ1v) is 6.58. The molecule has 1 N–H and O–H groups in total. The molecule has 3 heteroatoms. The third-order valence-corrected chi connectivity index (χ3v) is 3.27. The summed E-state index contributed by atoms with van der Waals surface area (Å²) in [5.74, 6) is 0.271. The average molecular weight is 258 g/mol. The molecule has 0 saturated heterocycles. The van der Waals surface area contributed by atoms with Gasteiger partial charge in [-0.2, -0.15) is 0 Å². The molecule has 1 nitrogen and oxygen atoms in total. The lowest BCUT2D eigenvalue weighted by atomic mass is 9.96. The molecule has 0 aliphatic heterocycles. The first kappa shape index (κ1) is 14.5. The van der Waals surface area contributed by atoms with Gasteiger partial charge in [0.1, 0.15) is 5.82 Å². The van der Waals surface area contributed by atoms with E-state index >= 15 is 0 Å². The van der Waals surface area contributed by atoms with E-state index in [2.05, 4.69) is 26.1 Å². The topological polar surface area (TPSA) is 12.0 Å². The molecular weight excluding hydrogens is 237 g/mol. The van der Waals surface area contributed by atoms with E-state index < -0.39 is 0 Å². The number of nitrogens with one attached hydrogen (secondary N) is 1. The number of halogens is 2. The maximum absolute atomic E-state index is 12.9.